The van der Waals surface area contributed by atoms with Gasteiger partial charge in [-0.3, -0.25) is 9.59 Å². The molecule has 104 valence electrons. The van der Waals surface area contributed by atoms with Crippen molar-refractivity contribution >= 4 is 11.9 Å². The Balaban J connectivity index is 2.61. The standard InChI is InChI=1S/C13H16FNO4/c1-3-19-11(16)7-8-15-13(17)12-9(14)5-4-6-10(12)18-2/h4-6H,3,7-8H2,1-2H3,(H,15,17). The Morgan fingerprint density at radius 3 is 2.74 bits per heavy atom. The van der Waals surface area contributed by atoms with Gasteiger partial charge < -0.3 is 14.8 Å². The molecule has 1 aromatic rings. The molecule has 1 N–H and O–H groups in total. The molecule has 0 aliphatic heterocycles. The zero-order valence-electron chi connectivity index (χ0n) is 10.9. The molecule has 0 saturated heterocycles. The fraction of sp³-hybridized carbons (Fsp3) is 0.385. The summed E-state index contributed by atoms with van der Waals surface area (Å²) in [6.45, 7) is 2.06. The highest BCUT2D eigenvalue weighted by molar-refractivity contribution is 5.97. The number of methoxy groups -OCH3 is 1. The second kappa shape index (κ2) is 7.35. The molecule has 0 radical (unpaired) electrons. The zero-order valence-corrected chi connectivity index (χ0v) is 10.9. The van der Waals surface area contributed by atoms with Crippen molar-refractivity contribution in [2.75, 3.05) is 20.3 Å². The Labute approximate surface area is 110 Å². The summed E-state index contributed by atoms with van der Waals surface area (Å²) in [5.74, 6) is -1.57. The minimum absolute atomic E-state index is 0.0380. The van der Waals surface area contributed by atoms with E-state index in [-0.39, 0.29) is 30.9 Å². The molecular weight excluding hydrogens is 253 g/mol. The van der Waals surface area contributed by atoms with Gasteiger partial charge in [-0.25, -0.2) is 4.39 Å². The van der Waals surface area contributed by atoms with Crippen LogP contribution in [0.3, 0.4) is 0 Å². The third-order valence-electron chi connectivity index (χ3n) is 2.34. The van der Waals surface area contributed by atoms with Crippen molar-refractivity contribution in [1.82, 2.24) is 5.32 Å². The summed E-state index contributed by atoms with van der Waals surface area (Å²) in [6, 6.07) is 4.11. The number of ether oxygens (including phenoxy) is 2. The van der Waals surface area contributed by atoms with Gasteiger partial charge in [0, 0.05) is 6.54 Å². The fourth-order valence-electron chi connectivity index (χ4n) is 1.49. The number of carbonyl (C=O) groups excluding carboxylic acids is 2. The van der Waals surface area contributed by atoms with Gasteiger partial charge in [-0.2, -0.15) is 0 Å². The van der Waals surface area contributed by atoms with Crippen molar-refractivity contribution in [1.29, 1.82) is 0 Å². The van der Waals surface area contributed by atoms with Gasteiger partial charge in [0.05, 0.1) is 20.1 Å². The second-order valence-corrected chi connectivity index (χ2v) is 3.63. The molecule has 0 aromatic heterocycles. The van der Waals surface area contributed by atoms with Crippen LogP contribution in [0.25, 0.3) is 0 Å². The lowest BCUT2D eigenvalue weighted by atomic mass is 10.1. The molecule has 0 atom stereocenters. The first-order valence-electron chi connectivity index (χ1n) is 5.86. The largest absolute Gasteiger partial charge is 0.496 e. The van der Waals surface area contributed by atoms with Gasteiger partial charge in [-0.15, -0.1) is 0 Å². The summed E-state index contributed by atoms with van der Waals surface area (Å²) < 4.78 is 23.2. The predicted octanol–water partition coefficient (Wildman–Crippen LogP) is 1.52. The van der Waals surface area contributed by atoms with Crippen LogP contribution < -0.4 is 10.1 Å². The molecule has 0 saturated carbocycles. The summed E-state index contributed by atoms with van der Waals surface area (Å²) in [4.78, 5) is 22.9. The van der Waals surface area contributed by atoms with Crippen molar-refractivity contribution in [2.24, 2.45) is 0 Å². The minimum Gasteiger partial charge on any atom is -0.496 e. The number of carbonyl (C=O) groups is 2. The van der Waals surface area contributed by atoms with E-state index in [0.29, 0.717) is 0 Å². The minimum atomic E-state index is -0.673. The zero-order chi connectivity index (χ0) is 14.3. The van der Waals surface area contributed by atoms with Gasteiger partial charge in [0.25, 0.3) is 5.91 Å². The maximum Gasteiger partial charge on any atom is 0.307 e. The number of nitrogens with one attached hydrogen (secondary N) is 1. The van der Waals surface area contributed by atoms with E-state index in [9.17, 15) is 14.0 Å². The number of hydrogen-bond acceptors (Lipinski definition) is 4. The first kappa shape index (κ1) is 14.9. The van der Waals surface area contributed by atoms with Crippen LogP contribution in [0.4, 0.5) is 4.39 Å². The lowest BCUT2D eigenvalue weighted by Gasteiger charge is -2.09. The average molecular weight is 269 g/mol. The van der Waals surface area contributed by atoms with Crippen LogP contribution in [0.5, 0.6) is 5.75 Å². The maximum absolute atomic E-state index is 13.6. The first-order valence-corrected chi connectivity index (χ1v) is 5.86. The van der Waals surface area contributed by atoms with Gasteiger partial charge in [0.1, 0.15) is 17.1 Å². The molecular formula is C13H16FNO4. The normalized spacial score (nSPS) is 9.84. The van der Waals surface area contributed by atoms with E-state index in [0.717, 1.165) is 0 Å². The van der Waals surface area contributed by atoms with Crippen molar-refractivity contribution in [3.05, 3.63) is 29.6 Å². The van der Waals surface area contributed by atoms with Crippen LogP contribution in [-0.2, 0) is 9.53 Å². The lowest BCUT2D eigenvalue weighted by Crippen LogP contribution is -2.27. The molecule has 5 nitrogen and oxygen atoms in total. The highest BCUT2D eigenvalue weighted by atomic mass is 19.1. The van der Waals surface area contributed by atoms with Gasteiger partial charge in [0.15, 0.2) is 0 Å². The number of esters is 1. The number of amides is 1. The van der Waals surface area contributed by atoms with Crippen LogP contribution in [0.15, 0.2) is 18.2 Å². The fourth-order valence-corrected chi connectivity index (χ4v) is 1.49. The number of hydrogen-bond donors (Lipinski definition) is 1. The highest BCUT2D eigenvalue weighted by Crippen LogP contribution is 2.20. The van der Waals surface area contributed by atoms with E-state index in [2.05, 4.69) is 5.32 Å². The van der Waals surface area contributed by atoms with Gasteiger partial charge in [-0.1, -0.05) is 6.07 Å². The quantitative estimate of drug-likeness (QED) is 0.795. The van der Waals surface area contributed by atoms with E-state index in [4.69, 9.17) is 9.47 Å². The molecule has 0 aliphatic carbocycles. The van der Waals surface area contributed by atoms with Crippen LogP contribution in [0, 0.1) is 5.82 Å². The Morgan fingerprint density at radius 2 is 2.11 bits per heavy atom. The summed E-state index contributed by atoms with van der Waals surface area (Å²) in [7, 11) is 1.35. The molecule has 1 rings (SSSR count). The maximum atomic E-state index is 13.6. The number of rotatable bonds is 6. The van der Waals surface area contributed by atoms with Crippen molar-refractivity contribution < 1.29 is 23.5 Å². The van der Waals surface area contributed by atoms with Crippen molar-refractivity contribution in [3.63, 3.8) is 0 Å². The summed E-state index contributed by atoms with van der Waals surface area (Å²) in [5, 5.41) is 2.44. The molecule has 6 heteroatoms. The van der Waals surface area contributed by atoms with E-state index in [1.165, 1.54) is 25.3 Å². The van der Waals surface area contributed by atoms with Crippen LogP contribution in [0.1, 0.15) is 23.7 Å². The predicted molar refractivity (Wildman–Crippen MR) is 66.5 cm³/mol. The summed E-state index contributed by atoms with van der Waals surface area (Å²) in [5.41, 5.74) is -0.172. The molecule has 1 aromatic carbocycles. The number of benzene rings is 1. The monoisotopic (exact) mass is 269 g/mol. The smallest absolute Gasteiger partial charge is 0.307 e. The molecule has 0 spiro atoms. The third-order valence-corrected chi connectivity index (χ3v) is 2.34. The summed E-state index contributed by atoms with van der Waals surface area (Å²) >= 11 is 0. The van der Waals surface area contributed by atoms with Gasteiger partial charge >= 0.3 is 5.97 Å². The number of halogens is 1. The van der Waals surface area contributed by atoms with Gasteiger partial charge in [0.2, 0.25) is 0 Å². The van der Waals surface area contributed by atoms with Crippen molar-refractivity contribution in [3.8, 4) is 5.75 Å². The van der Waals surface area contributed by atoms with E-state index in [1.807, 2.05) is 0 Å². The lowest BCUT2D eigenvalue weighted by molar-refractivity contribution is -0.142. The van der Waals surface area contributed by atoms with Crippen LogP contribution in [-0.4, -0.2) is 32.1 Å². The molecule has 0 aliphatic rings. The molecule has 0 bridgehead atoms. The Bertz CT molecular complexity index is 462. The molecule has 0 fully saturated rings. The van der Waals surface area contributed by atoms with Crippen molar-refractivity contribution in [2.45, 2.75) is 13.3 Å². The Kier molecular flexibility index (Phi) is 5.78. The Hall–Kier alpha value is -2.11. The highest BCUT2D eigenvalue weighted by Gasteiger charge is 2.17. The molecule has 19 heavy (non-hydrogen) atoms. The topological polar surface area (TPSA) is 64.6 Å². The van der Waals surface area contributed by atoms with Crippen LogP contribution >= 0.6 is 0 Å². The third kappa shape index (κ3) is 4.24. The molecule has 1 amide bonds. The first-order chi connectivity index (χ1) is 9.10. The Morgan fingerprint density at radius 1 is 1.37 bits per heavy atom. The summed E-state index contributed by atoms with van der Waals surface area (Å²) in [6.07, 6.45) is 0.0380. The van der Waals surface area contributed by atoms with E-state index < -0.39 is 17.7 Å². The molecule has 0 unspecified atom stereocenters. The SMILES string of the molecule is CCOC(=O)CCNC(=O)c1c(F)cccc1OC. The second-order valence-electron chi connectivity index (χ2n) is 3.63. The van der Waals surface area contributed by atoms with Crippen LogP contribution in [0.2, 0.25) is 0 Å². The van der Waals surface area contributed by atoms with Gasteiger partial charge in [-0.05, 0) is 19.1 Å². The van der Waals surface area contributed by atoms with E-state index in [1.54, 1.807) is 6.92 Å². The average Bonchev–Trinajstić information content (AvgIpc) is 2.38. The van der Waals surface area contributed by atoms with E-state index >= 15 is 0 Å². The molecule has 0 heterocycles.